The molecule has 0 aliphatic heterocycles. The monoisotopic (exact) mass is 253 g/mol. The highest BCUT2D eigenvalue weighted by Gasteiger charge is 2.12. The summed E-state index contributed by atoms with van der Waals surface area (Å²) in [6, 6.07) is 15.9. The molecule has 0 aliphatic rings. The van der Waals surface area contributed by atoms with Gasteiger partial charge >= 0.3 is 0 Å². The minimum atomic E-state index is 0.268. The van der Waals surface area contributed by atoms with Crippen molar-refractivity contribution >= 4 is 0 Å². The molecule has 0 radical (unpaired) electrons. The molecule has 1 nitrogen and oxygen atoms in total. The molecule has 100 valence electrons. The lowest BCUT2D eigenvalue weighted by molar-refractivity contribution is 0.690. The number of rotatable bonds is 4. The second-order valence-electron chi connectivity index (χ2n) is 5.24. The van der Waals surface area contributed by atoms with Crippen LogP contribution in [0.2, 0.25) is 0 Å². The van der Waals surface area contributed by atoms with Gasteiger partial charge in [-0.3, -0.25) is 0 Å². The molecule has 0 aliphatic carbocycles. The molecule has 1 unspecified atom stereocenters. The summed E-state index contributed by atoms with van der Waals surface area (Å²) in [6.07, 6.45) is 1.09. The maximum Gasteiger partial charge on any atom is 0.0574 e. The van der Waals surface area contributed by atoms with E-state index < -0.39 is 0 Å². The van der Waals surface area contributed by atoms with Gasteiger partial charge in [-0.05, 0) is 44.0 Å². The van der Waals surface area contributed by atoms with Gasteiger partial charge in [0.05, 0.1) is 6.04 Å². The van der Waals surface area contributed by atoms with Crippen LogP contribution in [0.25, 0.3) is 0 Å². The summed E-state index contributed by atoms with van der Waals surface area (Å²) in [4.78, 5) is 0. The predicted molar refractivity (Wildman–Crippen MR) is 82.6 cm³/mol. The van der Waals surface area contributed by atoms with Crippen molar-refractivity contribution in [2.24, 2.45) is 0 Å². The van der Waals surface area contributed by atoms with Crippen LogP contribution in [0.4, 0.5) is 0 Å². The summed E-state index contributed by atoms with van der Waals surface area (Å²) in [5, 5.41) is 3.43. The molecule has 0 amide bonds. The molecule has 2 aromatic carbocycles. The maximum atomic E-state index is 3.43. The quantitative estimate of drug-likeness (QED) is 0.862. The summed E-state index contributed by atoms with van der Waals surface area (Å²) >= 11 is 0. The van der Waals surface area contributed by atoms with E-state index in [0.29, 0.717) is 0 Å². The zero-order valence-corrected chi connectivity index (χ0v) is 12.3. The summed E-state index contributed by atoms with van der Waals surface area (Å²) in [5.41, 5.74) is 6.69. The molecule has 2 aromatic rings. The number of nitrogens with one attached hydrogen (secondary N) is 1. The van der Waals surface area contributed by atoms with Crippen LogP contribution in [-0.2, 0) is 6.42 Å². The average molecular weight is 253 g/mol. The van der Waals surface area contributed by atoms with E-state index in [-0.39, 0.29) is 6.04 Å². The van der Waals surface area contributed by atoms with E-state index >= 15 is 0 Å². The van der Waals surface area contributed by atoms with Gasteiger partial charge in [-0.1, -0.05) is 60.5 Å². The van der Waals surface area contributed by atoms with Gasteiger partial charge in [0.15, 0.2) is 0 Å². The normalized spacial score (nSPS) is 12.4. The molecular formula is C18H23N. The minimum Gasteiger partial charge on any atom is -0.309 e. The van der Waals surface area contributed by atoms with Gasteiger partial charge in [0.1, 0.15) is 0 Å². The molecule has 0 fully saturated rings. The van der Waals surface area contributed by atoms with Crippen LogP contribution in [0, 0.1) is 13.8 Å². The van der Waals surface area contributed by atoms with Crippen molar-refractivity contribution in [1.82, 2.24) is 5.32 Å². The first-order valence-electron chi connectivity index (χ1n) is 6.98. The third kappa shape index (κ3) is 3.24. The summed E-state index contributed by atoms with van der Waals surface area (Å²) in [5.74, 6) is 0. The fourth-order valence-electron chi connectivity index (χ4n) is 2.65. The predicted octanol–water partition coefficient (Wildman–Crippen LogP) is 4.17. The first-order chi connectivity index (χ1) is 9.13. The van der Waals surface area contributed by atoms with Crippen molar-refractivity contribution in [3.05, 3.63) is 70.3 Å². The molecule has 2 rings (SSSR count). The van der Waals surface area contributed by atoms with E-state index in [1.54, 1.807) is 0 Å². The lowest BCUT2D eigenvalue weighted by Crippen LogP contribution is -2.17. The van der Waals surface area contributed by atoms with E-state index in [2.05, 4.69) is 68.6 Å². The van der Waals surface area contributed by atoms with Gasteiger partial charge in [0, 0.05) is 0 Å². The number of benzene rings is 2. The Kier molecular flexibility index (Phi) is 4.39. The molecule has 0 aromatic heterocycles. The van der Waals surface area contributed by atoms with E-state index in [4.69, 9.17) is 0 Å². The van der Waals surface area contributed by atoms with Crippen LogP contribution in [-0.4, -0.2) is 7.05 Å². The summed E-state index contributed by atoms with van der Waals surface area (Å²) < 4.78 is 0. The largest absolute Gasteiger partial charge is 0.309 e. The van der Waals surface area contributed by atoms with Gasteiger partial charge in [-0.15, -0.1) is 0 Å². The molecule has 0 saturated carbocycles. The van der Waals surface area contributed by atoms with Crippen LogP contribution in [0.15, 0.2) is 42.5 Å². The Morgan fingerprint density at radius 3 is 1.95 bits per heavy atom. The second kappa shape index (κ2) is 6.03. The SMILES string of the molecule is CCc1ccc(C(NC)c2cc(C)cc(C)c2)cc1. The highest BCUT2D eigenvalue weighted by Crippen LogP contribution is 2.24. The average Bonchev–Trinajstić information content (AvgIpc) is 2.39. The lowest BCUT2D eigenvalue weighted by Gasteiger charge is -2.19. The van der Waals surface area contributed by atoms with Gasteiger partial charge in [-0.25, -0.2) is 0 Å². The topological polar surface area (TPSA) is 12.0 Å². The van der Waals surface area contributed by atoms with Crippen molar-refractivity contribution in [3.8, 4) is 0 Å². The third-order valence-electron chi connectivity index (χ3n) is 3.59. The fourth-order valence-corrected chi connectivity index (χ4v) is 2.65. The molecule has 0 saturated heterocycles. The Hall–Kier alpha value is -1.60. The van der Waals surface area contributed by atoms with Crippen molar-refractivity contribution in [3.63, 3.8) is 0 Å². The molecule has 0 heterocycles. The molecular weight excluding hydrogens is 230 g/mol. The molecule has 0 spiro atoms. The molecule has 1 heteroatoms. The third-order valence-corrected chi connectivity index (χ3v) is 3.59. The second-order valence-corrected chi connectivity index (χ2v) is 5.24. The van der Waals surface area contributed by atoms with Crippen LogP contribution < -0.4 is 5.32 Å². The van der Waals surface area contributed by atoms with Crippen molar-refractivity contribution < 1.29 is 0 Å². The lowest BCUT2D eigenvalue weighted by atomic mass is 9.95. The Morgan fingerprint density at radius 1 is 0.895 bits per heavy atom. The Labute approximate surface area is 116 Å². The highest BCUT2D eigenvalue weighted by molar-refractivity contribution is 5.37. The van der Waals surface area contributed by atoms with E-state index in [1.165, 1.54) is 27.8 Å². The van der Waals surface area contributed by atoms with Crippen LogP contribution in [0.5, 0.6) is 0 Å². The zero-order chi connectivity index (χ0) is 13.8. The Bertz CT molecular complexity index is 520. The fraction of sp³-hybridized carbons (Fsp3) is 0.333. The van der Waals surface area contributed by atoms with Crippen molar-refractivity contribution in [2.45, 2.75) is 33.2 Å². The highest BCUT2D eigenvalue weighted by atomic mass is 14.9. The summed E-state index contributed by atoms with van der Waals surface area (Å²) in [7, 11) is 2.02. The first kappa shape index (κ1) is 13.8. The minimum absolute atomic E-state index is 0.268. The standard InChI is InChI=1S/C18H23N/c1-5-15-6-8-16(9-7-15)18(19-4)17-11-13(2)10-14(3)12-17/h6-12,18-19H,5H2,1-4H3. The Morgan fingerprint density at radius 2 is 1.47 bits per heavy atom. The van der Waals surface area contributed by atoms with Crippen molar-refractivity contribution in [1.29, 1.82) is 0 Å². The number of aryl methyl sites for hydroxylation is 3. The van der Waals surface area contributed by atoms with Crippen molar-refractivity contribution in [2.75, 3.05) is 7.05 Å². The van der Waals surface area contributed by atoms with Gasteiger partial charge in [-0.2, -0.15) is 0 Å². The van der Waals surface area contributed by atoms with Gasteiger partial charge in [0.2, 0.25) is 0 Å². The smallest absolute Gasteiger partial charge is 0.0574 e. The summed E-state index contributed by atoms with van der Waals surface area (Å²) in [6.45, 7) is 6.50. The van der Waals surface area contributed by atoms with E-state index in [9.17, 15) is 0 Å². The van der Waals surface area contributed by atoms with Crippen LogP contribution in [0.3, 0.4) is 0 Å². The first-order valence-corrected chi connectivity index (χ1v) is 6.98. The number of hydrogen-bond acceptors (Lipinski definition) is 1. The van der Waals surface area contributed by atoms with Crippen LogP contribution >= 0.6 is 0 Å². The number of hydrogen-bond donors (Lipinski definition) is 1. The zero-order valence-electron chi connectivity index (χ0n) is 12.3. The maximum absolute atomic E-state index is 3.43. The molecule has 19 heavy (non-hydrogen) atoms. The van der Waals surface area contributed by atoms with E-state index in [0.717, 1.165) is 6.42 Å². The van der Waals surface area contributed by atoms with E-state index in [1.807, 2.05) is 7.05 Å². The molecule has 1 N–H and O–H groups in total. The van der Waals surface area contributed by atoms with Gasteiger partial charge < -0.3 is 5.32 Å². The van der Waals surface area contributed by atoms with Gasteiger partial charge in [0.25, 0.3) is 0 Å². The molecule has 0 bridgehead atoms. The van der Waals surface area contributed by atoms with Crippen LogP contribution in [0.1, 0.15) is 40.8 Å². The molecule has 1 atom stereocenters. The Balaban J connectivity index is 2.37.